The Hall–Kier alpha value is -1.94. The second-order valence-electron chi connectivity index (χ2n) is 7.48. The lowest BCUT2D eigenvalue weighted by atomic mass is 9.98. The summed E-state index contributed by atoms with van der Waals surface area (Å²) in [6, 6.07) is 9.15. The van der Waals surface area contributed by atoms with Crippen molar-refractivity contribution in [3.05, 3.63) is 46.3 Å². The van der Waals surface area contributed by atoms with Gasteiger partial charge in [0.1, 0.15) is 9.96 Å². The van der Waals surface area contributed by atoms with E-state index < -0.39 is 10.0 Å². The number of hydrogen-bond acceptors (Lipinski definition) is 6. The molecular formula is C21H28N2O5S2. The van der Waals surface area contributed by atoms with Crippen molar-refractivity contribution in [3.63, 3.8) is 0 Å². The van der Waals surface area contributed by atoms with Crippen LogP contribution in [0.2, 0.25) is 0 Å². The van der Waals surface area contributed by atoms with Crippen molar-refractivity contribution in [1.82, 2.24) is 9.62 Å². The lowest BCUT2D eigenvalue weighted by Crippen LogP contribution is -2.40. The average Bonchev–Trinajstić information content (AvgIpc) is 3.21. The Bertz CT molecular complexity index is 979. The van der Waals surface area contributed by atoms with E-state index in [4.69, 9.17) is 9.47 Å². The maximum absolute atomic E-state index is 12.7. The predicted molar refractivity (Wildman–Crippen MR) is 117 cm³/mol. The molecule has 2 heterocycles. The molecule has 0 radical (unpaired) electrons. The molecule has 1 saturated heterocycles. The molecule has 0 saturated carbocycles. The highest BCUT2D eigenvalue weighted by Crippen LogP contribution is 2.26. The number of nitrogens with one attached hydrogen (secondary N) is 1. The first-order chi connectivity index (χ1) is 14.3. The van der Waals surface area contributed by atoms with Crippen LogP contribution in [0.4, 0.5) is 0 Å². The maximum Gasteiger partial charge on any atom is 0.258 e. The van der Waals surface area contributed by atoms with Crippen LogP contribution < -0.4 is 10.1 Å². The third-order valence-corrected chi connectivity index (χ3v) is 8.35. The molecule has 0 spiro atoms. The van der Waals surface area contributed by atoms with Gasteiger partial charge in [-0.05, 0) is 48.2 Å². The molecule has 1 aliphatic rings. The van der Waals surface area contributed by atoms with Gasteiger partial charge in [0.2, 0.25) is 0 Å². The van der Waals surface area contributed by atoms with Gasteiger partial charge in [0.25, 0.3) is 15.9 Å². The van der Waals surface area contributed by atoms with Crippen LogP contribution in [-0.4, -0.2) is 51.5 Å². The zero-order valence-corrected chi connectivity index (χ0v) is 19.1. The van der Waals surface area contributed by atoms with Crippen LogP contribution in [0.3, 0.4) is 0 Å². The summed E-state index contributed by atoms with van der Waals surface area (Å²) in [6.45, 7) is 8.02. The summed E-state index contributed by atoms with van der Waals surface area (Å²) in [5.74, 6) is 0.832. The summed E-state index contributed by atoms with van der Waals surface area (Å²) in [6.07, 6.45) is 0. The fourth-order valence-electron chi connectivity index (χ4n) is 3.28. The number of sulfonamides is 1. The Morgan fingerprint density at radius 3 is 2.63 bits per heavy atom. The van der Waals surface area contributed by atoms with E-state index in [0.717, 1.165) is 10.4 Å². The molecule has 0 aliphatic carbocycles. The van der Waals surface area contributed by atoms with E-state index in [0.29, 0.717) is 38.0 Å². The molecule has 0 bridgehead atoms. The van der Waals surface area contributed by atoms with Gasteiger partial charge in [-0.25, -0.2) is 8.42 Å². The van der Waals surface area contributed by atoms with Gasteiger partial charge >= 0.3 is 0 Å². The zero-order valence-electron chi connectivity index (χ0n) is 17.5. The third-order valence-electron chi connectivity index (χ3n) is 4.89. The highest BCUT2D eigenvalue weighted by molar-refractivity contribution is 7.91. The first-order valence-corrected chi connectivity index (χ1v) is 12.2. The van der Waals surface area contributed by atoms with Gasteiger partial charge < -0.3 is 14.8 Å². The lowest BCUT2D eigenvalue weighted by Gasteiger charge is -2.25. The lowest BCUT2D eigenvalue weighted by molar-refractivity contribution is -0.123. The summed E-state index contributed by atoms with van der Waals surface area (Å²) < 4.78 is 37.9. The third kappa shape index (κ3) is 5.60. The van der Waals surface area contributed by atoms with Crippen LogP contribution in [0.1, 0.15) is 35.8 Å². The van der Waals surface area contributed by atoms with Crippen LogP contribution in [0.5, 0.6) is 5.75 Å². The first-order valence-electron chi connectivity index (χ1n) is 9.94. The summed E-state index contributed by atoms with van der Waals surface area (Å²) in [7, 11) is -3.51. The molecule has 3 rings (SSSR count). The number of nitrogens with zero attached hydrogens (tertiary/aromatic N) is 1. The molecule has 0 atom stereocenters. The molecule has 1 fully saturated rings. The van der Waals surface area contributed by atoms with Crippen LogP contribution in [0.15, 0.2) is 34.5 Å². The molecular weight excluding hydrogens is 424 g/mol. The normalized spacial score (nSPS) is 15.3. The highest BCUT2D eigenvalue weighted by Gasteiger charge is 2.27. The molecule has 30 heavy (non-hydrogen) atoms. The molecule has 1 N–H and O–H groups in total. The monoisotopic (exact) mass is 452 g/mol. The molecule has 164 valence electrons. The predicted octanol–water partition coefficient (Wildman–Crippen LogP) is 2.90. The first kappa shape index (κ1) is 22.7. The van der Waals surface area contributed by atoms with Crippen LogP contribution in [0.25, 0.3) is 0 Å². The van der Waals surface area contributed by atoms with E-state index in [9.17, 15) is 13.2 Å². The Labute approximate surface area is 182 Å². The van der Waals surface area contributed by atoms with Crippen molar-refractivity contribution >= 4 is 27.3 Å². The summed E-state index contributed by atoms with van der Waals surface area (Å²) in [5.41, 5.74) is 2.39. The number of aryl methyl sites for hydroxylation is 1. The maximum atomic E-state index is 12.7. The summed E-state index contributed by atoms with van der Waals surface area (Å²) >= 11 is 1.17. The average molecular weight is 453 g/mol. The molecule has 9 heteroatoms. The van der Waals surface area contributed by atoms with Crippen molar-refractivity contribution in [2.24, 2.45) is 0 Å². The molecule has 1 amide bonds. The van der Waals surface area contributed by atoms with E-state index >= 15 is 0 Å². The molecule has 2 aromatic rings. The van der Waals surface area contributed by atoms with E-state index in [1.807, 2.05) is 25.1 Å². The van der Waals surface area contributed by atoms with Gasteiger partial charge in [-0.15, -0.1) is 11.3 Å². The topological polar surface area (TPSA) is 84.9 Å². The van der Waals surface area contributed by atoms with E-state index in [1.165, 1.54) is 21.2 Å². The second kappa shape index (κ2) is 9.91. The van der Waals surface area contributed by atoms with Gasteiger partial charge in [0.05, 0.1) is 19.8 Å². The van der Waals surface area contributed by atoms with Crippen LogP contribution >= 0.6 is 11.3 Å². The molecule has 1 aliphatic heterocycles. The van der Waals surface area contributed by atoms with Crippen molar-refractivity contribution < 1.29 is 22.7 Å². The van der Waals surface area contributed by atoms with Gasteiger partial charge in [-0.2, -0.15) is 4.31 Å². The van der Waals surface area contributed by atoms with E-state index in [-0.39, 0.29) is 23.3 Å². The summed E-state index contributed by atoms with van der Waals surface area (Å²) in [5, 5.41) is 2.78. The largest absolute Gasteiger partial charge is 0.484 e. The number of benzene rings is 1. The van der Waals surface area contributed by atoms with Crippen LogP contribution in [-0.2, 0) is 26.1 Å². The highest BCUT2D eigenvalue weighted by atomic mass is 32.2. The number of morpholine rings is 1. The van der Waals surface area contributed by atoms with Crippen molar-refractivity contribution in [2.45, 2.75) is 37.4 Å². The molecule has 7 nitrogen and oxygen atoms in total. The quantitative estimate of drug-likeness (QED) is 0.666. The smallest absolute Gasteiger partial charge is 0.258 e. The number of amides is 1. The van der Waals surface area contributed by atoms with Crippen molar-refractivity contribution in [1.29, 1.82) is 0 Å². The number of thiophene rings is 1. The Morgan fingerprint density at radius 2 is 1.97 bits per heavy atom. The van der Waals surface area contributed by atoms with Gasteiger partial charge in [0, 0.05) is 18.0 Å². The molecule has 0 unspecified atom stereocenters. The van der Waals surface area contributed by atoms with E-state index in [1.54, 1.807) is 12.1 Å². The van der Waals surface area contributed by atoms with Gasteiger partial charge in [0.15, 0.2) is 6.61 Å². The number of rotatable bonds is 8. The Morgan fingerprint density at radius 1 is 1.23 bits per heavy atom. The fraction of sp³-hybridized carbons (Fsp3) is 0.476. The van der Waals surface area contributed by atoms with Crippen LogP contribution in [0, 0.1) is 6.92 Å². The Balaban J connectivity index is 1.50. The minimum absolute atomic E-state index is 0.0925. The molecule has 1 aromatic carbocycles. The Kier molecular flexibility index (Phi) is 7.51. The van der Waals surface area contributed by atoms with Crippen molar-refractivity contribution in [2.75, 3.05) is 32.9 Å². The van der Waals surface area contributed by atoms with Gasteiger partial charge in [-0.1, -0.05) is 19.9 Å². The minimum Gasteiger partial charge on any atom is -0.484 e. The zero-order chi connectivity index (χ0) is 21.7. The SMILES string of the molecule is Cc1cc(OCC(=O)NCc2ccc(S(=O)(=O)N3CCOCC3)s2)ccc1C(C)C. The number of hydrogen-bond donors (Lipinski definition) is 1. The molecule has 1 aromatic heterocycles. The number of carbonyl (C=O) groups is 1. The number of ether oxygens (including phenoxy) is 2. The van der Waals surface area contributed by atoms with Gasteiger partial charge in [-0.3, -0.25) is 4.79 Å². The van der Waals surface area contributed by atoms with E-state index in [2.05, 4.69) is 19.2 Å². The van der Waals surface area contributed by atoms with Crippen molar-refractivity contribution in [3.8, 4) is 5.75 Å². The summed E-state index contributed by atoms with van der Waals surface area (Å²) in [4.78, 5) is 12.9. The fourth-order valence-corrected chi connectivity index (χ4v) is 6.14. The second-order valence-corrected chi connectivity index (χ2v) is 10.8. The minimum atomic E-state index is -3.51. The standard InChI is InChI=1S/C21H28N2O5S2/c1-15(2)19-6-4-17(12-16(19)3)28-14-20(24)22-13-18-5-7-21(29-18)30(25,26)23-8-10-27-11-9-23/h4-7,12,15H,8-11,13-14H2,1-3H3,(H,22,24). The number of carbonyl (C=O) groups excluding carboxylic acids is 1.